The van der Waals surface area contributed by atoms with Crippen LogP contribution in [0.5, 0.6) is 0 Å². The number of rotatable bonds is 10. The second kappa shape index (κ2) is 8.50. The molecule has 0 aliphatic heterocycles. The van der Waals surface area contributed by atoms with Gasteiger partial charge in [0.15, 0.2) is 0 Å². The van der Waals surface area contributed by atoms with Crippen molar-refractivity contribution < 1.29 is 27.3 Å². The molecular weight excluding hydrogens is 310 g/mol. The summed E-state index contributed by atoms with van der Waals surface area (Å²) in [6.07, 6.45) is 1.80. The Morgan fingerprint density at radius 3 is 2.50 bits per heavy atom. The van der Waals surface area contributed by atoms with E-state index in [2.05, 4.69) is 4.18 Å². The maximum absolute atomic E-state index is 11.4. The molecular formula is C14H19NO6S. The zero-order chi connectivity index (χ0) is 16.6. The van der Waals surface area contributed by atoms with Gasteiger partial charge < -0.3 is 10.0 Å². The van der Waals surface area contributed by atoms with Gasteiger partial charge in [0.25, 0.3) is 10.1 Å². The Hall–Kier alpha value is -1.93. The van der Waals surface area contributed by atoms with Crippen molar-refractivity contribution in [3.8, 4) is 0 Å². The molecule has 0 spiro atoms. The molecule has 1 amide bonds. The lowest BCUT2D eigenvalue weighted by molar-refractivity contribution is -0.146. The standard InChI is InChI=1S/C14H19NO6S/c1-22(19,20)21-9-5-8-15(11-16)13(14(17)18)10-12-6-3-2-4-7-12/h2-4,6-7,11,13H,5,8-10H2,1H3,(H,17,18)/t13-/m0/s1. The van der Waals surface area contributed by atoms with Crippen LogP contribution in [0.3, 0.4) is 0 Å². The third kappa shape index (κ3) is 6.68. The topological polar surface area (TPSA) is 101 Å². The zero-order valence-electron chi connectivity index (χ0n) is 12.2. The highest BCUT2D eigenvalue weighted by atomic mass is 32.2. The molecule has 0 heterocycles. The molecule has 0 bridgehead atoms. The van der Waals surface area contributed by atoms with Crippen molar-refractivity contribution in [1.29, 1.82) is 0 Å². The van der Waals surface area contributed by atoms with Crippen LogP contribution in [0.25, 0.3) is 0 Å². The van der Waals surface area contributed by atoms with Crippen molar-refractivity contribution >= 4 is 22.5 Å². The summed E-state index contributed by atoms with van der Waals surface area (Å²) < 4.78 is 26.2. The Balaban J connectivity index is 2.63. The molecule has 0 unspecified atom stereocenters. The van der Waals surface area contributed by atoms with Crippen LogP contribution in [0.4, 0.5) is 0 Å². The van der Waals surface area contributed by atoms with E-state index in [0.29, 0.717) is 6.41 Å². The lowest BCUT2D eigenvalue weighted by atomic mass is 10.0. The molecule has 22 heavy (non-hydrogen) atoms. The van der Waals surface area contributed by atoms with Crippen LogP contribution < -0.4 is 0 Å². The lowest BCUT2D eigenvalue weighted by Gasteiger charge is -2.25. The van der Waals surface area contributed by atoms with E-state index in [0.717, 1.165) is 16.7 Å². The summed E-state index contributed by atoms with van der Waals surface area (Å²) in [5, 5.41) is 9.29. The van der Waals surface area contributed by atoms with E-state index in [1.54, 1.807) is 24.3 Å². The minimum Gasteiger partial charge on any atom is -0.480 e. The molecule has 0 aromatic heterocycles. The number of carboxylic acids is 1. The van der Waals surface area contributed by atoms with Gasteiger partial charge in [0.05, 0.1) is 12.9 Å². The van der Waals surface area contributed by atoms with Crippen LogP contribution in [0.1, 0.15) is 12.0 Å². The van der Waals surface area contributed by atoms with Crippen molar-refractivity contribution in [3.05, 3.63) is 35.9 Å². The highest BCUT2D eigenvalue weighted by Gasteiger charge is 2.24. The number of carboxylic acid groups (broad SMARTS) is 1. The van der Waals surface area contributed by atoms with Crippen LogP contribution in [-0.4, -0.2) is 56.3 Å². The number of benzene rings is 1. The van der Waals surface area contributed by atoms with Gasteiger partial charge in [-0.1, -0.05) is 30.3 Å². The van der Waals surface area contributed by atoms with Crippen LogP contribution in [-0.2, 0) is 30.3 Å². The molecule has 0 saturated heterocycles. The largest absolute Gasteiger partial charge is 0.480 e. The SMILES string of the molecule is CS(=O)(=O)OCCCN(C=O)[C@@H](Cc1ccccc1)C(=O)O. The molecule has 1 aromatic carbocycles. The van der Waals surface area contributed by atoms with E-state index in [1.807, 2.05) is 6.07 Å². The average molecular weight is 329 g/mol. The van der Waals surface area contributed by atoms with Crippen molar-refractivity contribution in [1.82, 2.24) is 4.90 Å². The van der Waals surface area contributed by atoms with Gasteiger partial charge in [0.2, 0.25) is 6.41 Å². The molecule has 0 radical (unpaired) electrons. The first-order chi connectivity index (χ1) is 10.3. The third-order valence-electron chi connectivity index (χ3n) is 2.95. The summed E-state index contributed by atoms with van der Waals surface area (Å²) in [4.78, 5) is 23.6. The van der Waals surface area contributed by atoms with Gasteiger partial charge in [-0.05, 0) is 12.0 Å². The molecule has 122 valence electrons. The van der Waals surface area contributed by atoms with Gasteiger partial charge in [0, 0.05) is 13.0 Å². The summed E-state index contributed by atoms with van der Waals surface area (Å²) in [7, 11) is -3.54. The Morgan fingerprint density at radius 1 is 1.36 bits per heavy atom. The number of aliphatic carboxylic acids is 1. The van der Waals surface area contributed by atoms with Crippen molar-refractivity contribution in [2.75, 3.05) is 19.4 Å². The first-order valence-electron chi connectivity index (χ1n) is 6.65. The van der Waals surface area contributed by atoms with Gasteiger partial charge in [0.1, 0.15) is 6.04 Å². The maximum Gasteiger partial charge on any atom is 0.326 e. The Kier molecular flexibility index (Phi) is 7.00. The summed E-state index contributed by atoms with van der Waals surface area (Å²) >= 11 is 0. The van der Waals surface area contributed by atoms with Gasteiger partial charge in [-0.25, -0.2) is 4.79 Å². The molecule has 0 fully saturated rings. The summed E-state index contributed by atoms with van der Waals surface area (Å²) in [6.45, 7) is 0.00364. The molecule has 0 aliphatic rings. The van der Waals surface area contributed by atoms with Crippen LogP contribution >= 0.6 is 0 Å². The molecule has 8 heteroatoms. The fourth-order valence-electron chi connectivity index (χ4n) is 1.92. The van der Waals surface area contributed by atoms with Gasteiger partial charge in [-0.2, -0.15) is 8.42 Å². The smallest absolute Gasteiger partial charge is 0.326 e. The summed E-state index contributed by atoms with van der Waals surface area (Å²) in [5.41, 5.74) is 0.800. The molecule has 0 aliphatic carbocycles. The minimum absolute atomic E-state index is 0.0964. The predicted molar refractivity (Wildman–Crippen MR) is 79.8 cm³/mol. The van der Waals surface area contributed by atoms with Crippen LogP contribution in [0.2, 0.25) is 0 Å². The number of carbonyl (C=O) groups is 2. The third-order valence-corrected chi connectivity index (χ3v) is 3.55. The number of amides is 1. The van der Waals surface area contributed by atoms with Crippen molar-refractivity contribution in [2.45, 2.75) is 18.9 Å². The zero-order valence-corrected chi connectivity index (χ0v) is 13.0. The monoisotopic (exact) mass is 329 g/mol. The van der Waals surface area contributed by atoms with E-state index in [9.17, 15) is 23.1 Å². The van der Waals surface area contributed by atoms with E-state index >= 15 is 0 Å². The van der Waals surface area contributed by atoms with Gasteiger partial charge >= 0.3 is 5.97 Å². The Labute approximate surface area is 129 Å². The lowest BCUT2D eigenvalue weighted by Crippen LogP contribution is -2.42. The van der Waals surface area contributed by atoms with Crippen LogP contribution in [0.15, 0.2) is 30.3 Å². The number of hydrogen-bond donors (Lipinski definition) is 1. The minimum atomic E-state index is -3.54. The predicted octanol–water partition coefficient (Wildman–Crippen LogP) is 0.507. The Bertz CT molecular complexity index is 587. The number of hydrogen-bond acceptors (Lipinski definition) is 5. The Morgan fingerprint density at radius 2 is 2.00 bits per heavy atom. The van der Waals surface area contributed by atoms with E-state index in [1.165, 1.54) is 0 Å². The summed E-state index contributed by atoms with van der Waals surface area (Å²) in [6, 6.07) is 7.97. The van der Waals surface area contributed by atoms with E-state index in [4.69, 9.17) is 0 Å². The van der Waals surface area contributed by atoms with E-state index < -0.39 is 22.1 Å². The number of carbonyl (C=O) groups excluding carboxylic acids is 1. The van der Waals surface area contributed by atoms with Crippen LogP contribution in [0, 0.1) is 0 Å². The fraction of sp³-hybridized carbons (Fsp3) is 0.429. The highest BCUT2D eigenvalue weighted by molar-refractivity contribution is 7.85. The van der Waals surface area contributed by atoms with Gasteiger partial charge in [-0.15, -0.1) is 0 Å². The number of nitrogens with zero attached hydrogens (tertiary/aromatic N) is 1. The second-order valence-corrected chi connectivity index (χ2v) is 6.41. The van der Waals surface area contributed by atoms with Crippen molar-refractivity contribution in [2.24, 2.45) is 0 Å². The maximum atomic E-state index is 11.4. The first-order valence-corrected chi connectivity index (χ1v) is 8.47. The molecule has 1 rings (SSSR count). The quantitative estimate of drug-likeness (QED) is 0.381. The highest BCUT2D eigenvalue weighted by Crippen LogP contribution is 2.09. The molecule has 1 aromatic rings. The molecule has 7 nitrogen and oxygen atoms in total. The van der Waals surface area contributed by atoms with E-state index in [-0.39, 0.29) is 26.0 Å². The van der Waals surface area contributed by atoms with Gasteiger partial charge in [-0.3, -0.25) is 8.98 Å². The first kappa shape index (κ1) is 18.1. The molecule has 0 saturated carbocycles. The fourth-order valence-corrected chi connectivity index (χ4v) is 2.34. The average Bonchev–Trinajstić information content (AvgIpc) is 2.45. The van der Waals surface area contributed by atoms with Crippen molar-refractivity contribution in [3.63, 3.8) is 0 Å². The molecule has 1 N–H and O–H groups in total. The molecule has 1 atom stereocenters. The second-order valence-electron chi connectivity index (χ2n) is 4.77. The summed E-state index contributed by atoms with van der Waals surface area (Å²) in [5.74, 6) is -1.11. The normalized spacial score (nSPS) is 12.6.